The van der Waals surface area contributed by atoms with Crippen molar-refractivity contribution in [3.8, 4) is 0 Å². The van der Waals surface area contributed by atoms with E-state index in [1.165, 1.54) is 29.5 Å². The highest BCUT2D eigenvalue weighted by Crippen LogP contribution is 2.18. The summed E-state index contributed by atoms with van der Waals surface area (Å²) < 4.78 is 0. The maximum absolute atomic E-state index is 4.72. The molecule has 1 atom stereocenters. The molecule has 1 N–H and O–H groups in total. The predicted octanol–water partition coefficient (Wildman–Crippen LogP) is 3.64. The number of thioether (sulfide) groups is 1. The molecule has 0 bridgehead atoms. The number of aliphatic imine (C=N–C) groups is 1. The molecule has 1 fully saturated rings. The molecule has 21 heavy (non-hydrogen) atoms. The number of para-hydroxylation sites is 1. The molecule has 3 rings (SSSR count). The third-order valence-corrected chi connectivity index (χ3v) is 4.84. The van der Waals surface area contributed by atoms with Crippen LogP contribution in [0.1, 0.15) is 25.3 Å². The van der Waals surface area contributed by atoms with E-state index >= 15 is 0 Å². The summed E-state index contributed by atoms with van der Waals surface area (Å²) in [6.07, 6.45) is 5.22. The van der Waals surface area contributed by atoms with Gasteiger partial charge in [0, 0.05) is 29.9 Å². The number of nitrogens with zero attached hydrogens (tertiary/aromatic N) is 2. The smallest absolute Gasteiger partial charge is 0.156 e. The van der Waals surface area contributed by atoms with Crippen LogP contribution in [0.4, 0.5) is 0 Å². The summed E-state index contributed by atoms with van der Waals surface area (Å²) in [7, 11) is 0. The summed E-state index contributed by atoms with van der Waals surface area (Å²) >= 11 is 1.84. The minimum Gasteiger partial charge on any atom is -0.362 e. The van der Waals surface area contributed by atoms with Crippen molar-refractivity contribution in [1.29, 1.82) is 0 Å². The molecule has 0 aliphatic carbocycles. The Bertz CT molecular complexity index is 633. The van der Waals surface area contributed by atoms with Gasteiger partial charge in [-0.1, -0.05) is 43.0 Å². The standard InChI is InChI=1S/C17H21N3S/c1-2-15-9-12-21-17(20-15)19-11-8-14-6-3-5-13-7-4-10-18-16(13)14/h3-7,10,15H,2,8-9,11-12H2,1H3,(H,19,20). The van der Waals surface area contributed by atoms with Crippen molar-refractivity contribution in [2.45, 2.75) is 32.2 Å². The topological polar surface area (TPSA) is 37.3 Å². The average Bonchev–Trinajstić information content (AvgIpc) is 2.55. The van der Waals surface area contributed by atoms with Crippen molar-refractivity contribution in [3.63, 3.8) is 0 Å². The van der Waals surface area contributed by atoms with Gasteiger partial charge in [0.05, 0.1) is 5.52 Å². The van der Waals surface area contributed by atoms with Gasteiger partial charge in [0.2, 0.25) is 0 Å². The summed E-state index contributed by atoms with van der Waals surface area (Å²) in [6.45, 7) is 3.05. The van der Waals surface area contributed by atoms with Crippen LogP contribution < -0.4 is 5.32 Å². The molecule has 4 heteroatoms. The zero-order valence-electron chi connectivity index (χ0n) is 12.4. The molecule has 0 radical (unpaired) electrons. The molecule has 2 heterocycles. The van der Waals surface area contributed by atoms with Gasteiger partial charge >= 0.3 is 0 Å². The number of pyridine rings is 1. The van der Waals surface area contributed by atoms with Gasteiger partial charge in [-0.3, -0.25) is 9.98 Å². The van der Waals surface area contributed by atoms with Crippen molar-refractivity contribution in [3.05, 3.63) is 42.1 Å². The molecule has 110 valence electrons. The number of hydrogen-bond acceptors (Lipinski definition) is 3. The fraction of sp³-hybridized carbons (Fsp3) is 0.412. The highest BCUT2D eigenvalue weighted by molar-refractivity contribution is 8.13. The molecule has 1 aliphatic heterocycles. The first kappa shape index (κ1) is 14.4. The molecule has 0 amide bonds. The molecule has 1 aromatic heterocycles. The summed E-state index contributed by atoms with van der Waals surface area (Å²) in [5.41, 5.74) is 2.39. The number of amidine groups is 1. The van der Waals surface area contributed by atoms with Gasteiger partial charge in [-0.15, -0.1) is 0 Å². The van der Waals surface area contributed by atoms with Crippen LogP contribution in [0, 0.1) is 0 Å². The van der Waals surface area contributed by atoms with Crippen LogP contribution in [0.25, 0.3) is 10.9 Å². The lowest BCUT2D eigenvalue weighted by Gasteiger charge is -2.24. The Balaban J connectivity index is 1.67. The minimum atomic E-state index is 0.601. The Labute approximate surface area is 130 Å². The second kappa shape index (κ2) is 6.94. The van der Waals surface area contributed by atoms with E-state index < -0.39 is 0 Å². The highest BCUT2D eigenvalue weighted by atomic mass is 32.2. The monoisotopic (exact) mass is 299 g/mol. The highest BCUT2D eigenvalue weighted by Gasteiger charge is 2.15. The predicted molar refractivity (Wildman–Crippen MR) is 92.0 cm³/mol. The van der Waals surface area contributed by atoms with Gasteiger partial charge in [0.15, 0.2) is 5.17 Å². The Hall–Kier alpha value is -1.55. The van der Waals surface area contributed by atoms with Gasteiger partial charge in [-0.2, -0.15) is 0 Å². The molecule has 1 aromatic carbocycles. The summed E-state index contributed by atoms with van der Waals surface area (Å²) in [6, 6.07) is 11.1. The fourth-order valence-electron chi connectivity index (χ4n) is 2.63. The Morgan fingerprint density at radius 1 is 1.33 bits per heavy atom. The SMILES string of the molecule is CCC1CCSC(=NCCc2cccc3cccnc23)N1. The van der Waals surface area contributed by atoms with Crippen LogP contribution in [0.15, 0.2) is 41.5 Å². The van der Waals surface area contributed by atoms with Crippen molar-refractivity contribution in [2.24, 2.45) is 4.99 Å². The lowest BCUT2D eigenvalue weighted by molar-refractivity contribution is 0.570. The molecule has 3 nitrogen and oxygen atoms in total. The van der Waals surface area contributed by atoms with Gasteiger partial charge in [-0.25, -0.2) is 0 Å². The van der Waals surface area contributed by atoms with Crippen molar-refractivity contribution >= 4 is 27.8 Å². The van der Waals surface area contributed by atoms with E-state index in [0.29, 0.717) is 6.04 Å². The number of fused-ring (bicyclic) bond motifs is 1. The average molecular weight is 299 g/mol. The molecular formula is C17H21N3S. The van der Waals surface area contributed by atoms with Crippen LogP contribution in [0.2, 0.25) is 0 Å². The minimum absolute atomic E-state index is 0.601. The first-order chi connectivity index (χ1) is 10.4. The summed E-state index contributed by atoms with van der Waals surface area (Å²) in [4.78, 5) is 9.23. The lowest BCUT2D eigenvalue weighted by Crippen LogP contribution is -2.37. The van der Waals surface area contributed by atoms with E-state index in [1.54, 1.807) is 0 Å². The van der Waals surface area contributed by atoms with Gasteiger partial charge < -0.3 is 5.32 Å². The molecule has 1 saturated heterocycles. The summed E-state index contributed by atoms with van der Waals surface area (Å²) in [5.74, 6) is 1.18. The normalized spacial score (nSPS) is 20.6. The van der Waals surface area contributed by atoms with Crippen LogP contribution in [-0.2, 0) is 6.42 Å². The van der Waals surface area contributed by atoms with E-state index in [1.807, 2.05) is 24.0 Å². The van der Waals surface area contributed by atoms with Crippen LogP contribution in [0.3, 0.4) is 0 Å². The van der Waals surface area contributed by atoms with Gasteiger partial charge in [0.25, 0.3) is 0 Å². The second-order valence-electron chi connectivity index (χ2n) is 5.32. The Morgan fingerprint density at radius 2 is 2.24 bits per heavy atom. The largest absolute Gasteiger partial charge is 0.362 e. The Kier molecular flexibility index (Phi) is 4.76. The third-order valence-electron chi connectivity index (χ3n) is 3.88. The van der Waals surface area contributed by atoms with Crippen LogP contribution >= 0.6 is 11.8 Å². The van der Waals surface area contributed by atoms with Crippen LogP contribution in [-0.4, -0.2) is 28.5 Å². The molecule has 1 unspecified atom stereocenters. The fourth-order valence-corrected chi connectivity index (χ4v) is 3.66. The van der Waals surface area contributed by atoms with Gasteiger partial charge in [-0.05, 0) is 30.9 Å². The number of hydrogen-bond donors (Lipinski definition) is 1. The molecule has 0 spiro atoms. The molecule has 2 aromatic rings. The van der Waals surface area contributed by atoms with E-state index in [9.17, 15) is 0 Å². The first-order valence-electron chi connectivity index (χ1n) is 7.63. The zero-order valence-corrected chi connectivity index (χ0v) is 13.2. The number of benzene rings is 1. The maximum atomic E-state index is 4.72. The number of nitrogens with one attached hydrogen (secondary N) is 1. The Morgan fingerprint density at radius 3 is 3.14 bits per heavy atom. The first-order valence-corrected chi connectivity index (χ1v) is 8.62. The van der Waals surface area contributed by atoms with Crippen molar-refractivity contribution in [2.75, 3.05) is 12.3 Å². The van der Waals surface area contributed by atoms with E-state index in [-0.39, 0.29) is 0 Å². The zero-order chi connectivity index (χ0) is 14.5. The van der Waals surface area contributed by atoms with Crippen LogP contribution in [0.5, 0.6) is 0 Å². The maximum Gasteiger partial charge on any atom is 0.156 e. The lowest BCUT2D eigenvalue weighted by atomic mass is 10.1. The molecule has 1 aliphatic rings. The van der Waals surface area contributed by atoms with Crippen molar-refractivity contribution < 1.29 is 0 Å². The third kappa shape index (κ3) is 3.56. The van der Waals surface area contributed by atoms with E-state index in [0.717, 1.165) is 23.6 Å². The van der Waals surface area contributed by atoms with E-state index in [4.69, 9.17) is 4.99 Å². The van der Waals surface area contributed by atoms with Crippen molar-refractivity contribution in [1.82, 2.24) is 10.3 Å². The summed E-state index contributed by atoms with van der Waals surface area (Å²) in [5, 5.41) is 5.84. The number of rotatable bonds is 4. The second-order valence-corrected chi connectivity index (χ2v) is 6.40. The van der Waals surface area contributed by atoms with Gasteiger partial charge in [0.1, 0.15) is 0 Å². The number of aromatic nitrogens is 1. The quantitative estimate of drug-likeness (QED) is 0.936. The van der Waals surface area contributed by atoms with E-state index in [2.05, 4.69) is 41.5 Å². The molecule has 0 saturated carbocycles. The molecular weight excluding hydrogens is 278 g/mol.